The van der Waals surface area contributed by atoms with Gasteiger partial charge < -0.3 is 5.32 Å². The molecule has 0 fully saturated rings. The first-order valence-corrected chi connectivity index (χ1v) is 6.38. The molecule has 1 nitrogen and oxygen atoms in total. The Kier molecular flexibility index (Phi) is 3.57. The van der Waals surface area contributed by atoms with Crippen LogP contribution in [0.2, 0.25) is 0 Å². The van der Waals surface area contributed by atoms with Crippen molar-refractivity contribution in [2.75, 3.05) is 6.54 Å². The van der Waals surface area contributed by atoms with Crippen molar-refractivity contribution in [3.63, 3.8) is 0 Å². The van der Waals surface area contributed by atoms with Crippen LogP contribution in [0.25, 0.3) is 10.1 Å². The number of hydrogen-bond acceptors (Lipinski definition) is 2. The Morgan fingerprint density at radius 3 is 2.93 bits per heavy atom. The van der Waals surface area contributed by atoms with E-state index in [1.54, 1.807) is 0 Å². The average molecular weight is 282 g/mol. The van der Waals surface area contributed by atoms with Gasteiger partial charge in [0.2, 0.25) is 0 Å². The van der Waals surface area contributed by atoms with Crippen molar-refractivity contribution in [2.45, 2.75) is 6.54 Å². The van der Waals surface area contributed by atoms with Crippen molar-refractivity contribution < 1.29 is 0 Å². The Morgan fingerprint density at radius 2 is 2.20 bits per heavy atom. The summed E-state index contributed by atoms with van der Waals surface area (Å²) in [6, 6.07) is 10.7. The largest absolute Gasteiger partial charge is 0.307 e. The number of halogens is 1. The summed E-state index contributed by atoms with van der Waals surface area (Å²) in [4.78, 5) is 1.37. The molecule has 0 aliphatic carbocycles. The maximum Gasteiger partial charge on any atom is 0.0346 e. The minimum atomic E-state index is 0.814. The summed E-state index contributed by atoms with van der Waals surface area (Å²) < 4.78 is 2.34. The van der Waals surface area contributed by atoms with Gasteiger partial charge in [-0.1, -0.05) is 40.7 Å². The van der Waals surface area contributed by atoms with Crippen LogP contribution in [0.15, 0.2) is 41.4 Å². The maximum atomic E-state index is 3.79. The number of benzene rings is 1. The zero-order valence-electron chi connectivity index (χ0n) is 8.29. The van der Waals surface area contributed by atoms with E-state index in [2.05, 4.69) is 58.2 Å². The van der Waals surface area contributed by atoms with Gasteiger partial charge in [0.25, 0.3) is 0 Å². The average Bonchev–Trinajstić information content (AvgIpc) is 2.59. The summed E-state index contributed by atoms with van der Waals surface area (Å²) in [7, 11) is 0. The van der Waals surface area contributed by atoms with Crippen LogP contribution < -0.4 is 5.32 Å². The van der Waals surface area contributed by atoms with E-state index in [1.165, 1.54) is 15.0 Å². The summed E-state index contributed by atoms with van der Waals surface area (Å²) in [5, 5.41) is 4.66. The fourth-order valence-electron chi connectivity index (χ4n) is 1.45. The predicted molar refractivity (Wildman–Crippen MR) is 71.6 cm³/mol. The van der Waals surface area contributed by atoms with Crippen LogP contribution >= 0.6 is 27.3 Å². The fraction of sp³-hybridized carbons (Fsp3) is 0.167. The van der Waals surface area contributed by atoms with Gasteiger partial charge in [-0.15, -0.1) is 11.3 Å². The maximum absolute atomic E-state index is 3.79. The van der Waals surface area contributed by atoms with Gasteiger partial charge in [-0.3, -0.25) is 0 Å². The highest BCUT2D eigenvalue weighted by Gasteiger charge is 2.00. The molecule has 0 radical (unpaired) electrons. The standard InChI is InChI=1S/C12H12BrNS/c1-9(13)7-14-8-11-6-10-4-2-3-5-12(10)15-11/h2-6,14H,1,7-8H2. The summed E-state index contributed by atoms with van der Waals surface area (Å²) in [5.41, 5.74) is 0. The molecule has 78 valence electrons. The molecule has 0 saturated carbocycles. The molecular weight excluding hydrogens is 270 g/mol. The number of rotatable bonds is 4. The molecule has 0 aliphatic rings. The lowest BCUT2D eigenvalue weighted by Crippen LogP contribution is -2.13. The molecule has 1 N–H and O–H groups in total. The van der Waals surface area contributed by atoms with Gasteiger partial charge in [0, 0.05) is 27.1 Å². The van der Waals surface area contributed by atoms with E-state index in [0.29, 0.717) is 0 Å². The smallest absolute Gasteiger partial charge is 0.0346 e. The SMILES string of the molecule is C=C(Br)CNCc1cc2ccccc2s1. The normalized spacial score (nSPS) is 10.7. The Balaban J connectivity index is 2.05. The van der Waals surface area contributed by atoms with Crippen LogP contribution in [0, 0.1) is 0 Å². The first-order valence-electron chi connectivity index (χ1n) is 4.77. The van der Waals surface area contributed by atoms with Gasteiger partial charge in [-0.05, 0) is 17.5 Å². The molecule has 0 spiro atoms. The van der Waals surface area contributed by atoms with Crippen LogP contribution in [0.1, 0.15) is 4.88 Å². The second kappa shape index (κ2) is 4.92. The first kappa shape index (κ1) is 10.9. The van der Waals surface area contributed by atoms with Crippen molar-refractivity contribution in [2.24, 2.45) is 0 Å². The molecule has 0 bridgehead atoms. The predicted octanol–water partition coefficient (Wildman–Crippen LogP) is 3.90. The van der Waals surface area contributed by atoms with Crippen molar-refractivity contribution in [1.29, 1.82) is 0 Å². The monoisotopic (exact) mass is 281 g/mol. The molecule has 3 heteroatoms. The molecule has 15 heavy (non-hydrogen) atoms. The molecule has 1 aromatic carbocycles. The molecule has 0 amide bonds. The van der Waals surface area contributed by atoms with Gasteiger partial charge in [0.1, 0.15) is 0 Å². The minimum Gasteiger partial charge on any atom is -0.307 e. The van der Waals surface area contributed by atoms with E-state index in [0.717, 1.165) is 17.6 Å². The molecule has 0 aliphatic heterocycles. The lowest BCUT2D eigenvalue weighted by atomic mass is 10.2. The Hall–Kier alpha value is -0.640. The van der Waals surface area contributed by atoms with E-state index in [4.69, 9.17) is 0 Å². The van der Waals surface area contributed by atoms with E-state index in [9.17, 15) is 0 Å². The zero-order valence-corrected chi connectivity index (χ0v) is 10.7. The fourth-order valence-corrected chi connectivity index (χ4v) is 2.68. The number of thiophene rings is 1. The zero-order chi connectivity index (χ0) is 10.7. The third kappa shape index (κ3) is 2.91. The van der Waals surface area contributed by atoms with Crippen LogP contribution in [0.3, 0.4) is 0 Å². The summed E-state index contributed by atoms with van der Waals surface area (Å²) in [6.07, 6.45) is 0. The first-order chi connectivity index (χ1) is 7.25. The lowest BCUT2D eigenvalue weighted by molar-refractivity contribution is 0.768. The van der Waals surface area contributed by atoms with E-state index < -0.39 is 0 Å². The third-order valence-electron chi connectivity index (χ3n) is 2.09. The van der Waals surface area contributed by atoms with E-state index >= 15 is 0 Å². The Labute approximate surface area is 102 Å². The molecule has 2 rings (SSSR count). The van der Waals surface area contributed by atoms with Crippen LogP contribution in [0.5, 0.6) is 0 Å². The molecule has 1 aromatic heterocycles. The third-order valence-corrected chi connectivity index (χ3v) is 3.49. The number of fused-ring (bicyclic) bond motifs is 1. The van der Waals surface area contributed by atoms with Gasteiger partial charge in [-0.25, -0.2) is 0 Å². The minimum absolute atomic E-state index is 0.814. The van der Waals surface area contributed by atoms with Crippen molar-refractivity contribution in [1.82, 2.24) is 5.32 Å². The molecule has 2 aromatic rings. The van der Waals surface area contributed by atoms with Gasteiger partial charge in [0.05, 0.1) is 0 Å². The topological polar surface area (TPSA) is 12.0 Å². The van der Waals surface area contributed by atoms with Crippen LogP contribution in [-0.4, -0.2) is 6.54 Å². The summed E-state index contributed by atoms with van der Waals surface area (Å²) >= 11 is 5.17. The summed E-state index contributed by atoms with van der Waals surface area (Å²) in [5.74, 6) is 0. The molecule has 0 saturated heterocycles. The lowest BCUT2D eigenvalue weighted by Gasteiger charge is -1.99. The van der Waals surface area contributed by atoms with Crippen molar-refractivity contribution in [3.8, 4) is 0 Å². The van der Waals surface area contributed by atoms with E-state index in [-0.39, 0.29) is 0 Å². The molecule has 1 heterocycles. The summed E-state index contributed by atoms with van der Waals surface area (Å²) in [6.45, 7) is 5.51. The van der Waals surface area contributed by atoms with Gasteiger partial charge in [-0.2, -0.15) is 0 Å². The highest BCUT2D eigenvalue weighted by atomic mass is 79.9. The Morgan fingerprint density at radius 1 is 1.40 bits per heavy atom. The number of hydrogen-bond donors (Lipinski definition) is 1. The van der Waals surface area contributed by atoms with Crippen molar-refractivity contribution >= 4 is 37.4 Å². The molecular formula is C12H12BrNS. The van der Waals surface area contributed by atoms with Gasteiger partial charge >= 0.3 is 0 Å². The van der Waals surface area contributed by atoms with Crippen molar-refractivity contribution in [3.05, 3.63) is 46.3 Å². The number of nitrogens with one attached hydrogen (secondary N) is 1. The quantitative estimate of drug-likeness (QED) is 0.896. The molecule has 0 atom stereocenters. The highest BCUT2D eigenvalue weighted by molar-refractivity contribution is 9.11. The van der Waals surface area contributed by atoms with Gasteiger partial charge in [0.15, 0.2) is 0 Å². The Bertz CT molecular complexity index is 442. The van der Waals surface area contributed by atoms with Crippen LogP contribution in [-0.2, 0) is 6.54 Å². The van der Waals surface area contributed by atoms with E-state index in [1.807, 2.05) is 11.3 Å². The van der Waals surface area contributed by atoms with Crippen LogP contribution in [0.4, 0.5) is 0 Å². The second-order valence-electron chi connectivity index (χ2n) is 3.37. The molecule has 0 unspecified atom stereocenters. The highest BCUT2D eigenvalue weighted by Crippen LogP contribution is 2.24. The second-order valence-corrected chi connectivity index (χ2v) is 5.66.